The Labute approximate surface area is 162 Å². The van der Waals surface area contributed by atoms with Gasteiger partial charge in [-0.05, 0) is 38.2 Å². The molecule has 0 aliphatic rings. The summed E-state index contributed by atoms with van der Waals surface area (Å²) in [6, 6.07) is 0.970. The van der Waals surface area contributed by atoms with Crippen LogP contribution in [0.15, 0.2) is 0 Å². The summed E-state index contributed by atoms with van der Waals surface area (Å²) in [7, 11) is -2.38. The summed E-state index contributed by atoms with van der Waals surface area (Å²) in [6.07, 6.45) is 10.6. The number of hydrogen-bond donors (Lipinski definition) is 0. The monoisotopic (exact) mass is 436 g/mol. The molecular formula is C16H45F5O3Si2. The van der Waals surface area contributed by atoms with Crippen LogP contribution in [0.25, 0.3) is 0 Å². The first-order valence-electron chi connectivity index (χ1n) is 8.66. The van der Waals surface area contributed by atoms with E-state index in [1.807, 2.05) is 20.8 Å². The van der Waals surface area contributed by atoms with Crippen molar-refractivity contribution in [1.29, 1.82) is 0 Å². The SMILES string of the molecule is CCCCCCCCCC[Si](OCC)(OCC)OCC.F.F.F.F.F.[SiH4]. The Hall–Kier alpha value is -0.0362. The van der Waals surface area contributed by atoms with Crippen molar-refractivity contribution in [3.63, 3.8) is 0 Å². The van der Waals surface area contributed by atoms with Crippen molar-refractivity contribution in [3.8, 4) is 0 Å². The van der Waals surface area contributed by atoms with E-state index in [4.69, 9.17) is 13.3 Å². The van der Waals surface area contributed by atoms with Crippen LogP contribution in [0.3, 0.4) is 0 Å². The summed E-state index contributed by atoms with van der Waals surface area (Å²) in [5.74, 6) is 0. The molecule has 26 heavy (non-hydrogen) atoms. The molecule has 0 fully saturated rings. The smallest absolute Gasteiger partial charge is 0.374 e. The Balaban J connectivity index is -0.000000120. The molecule has 0 aromatic carbocycles. The maximum Gasteiger partial charge on any atom is 0.500 e. The number of unbranched alkanes of at least 4 members (excludes halogenated alkanes) is 7. The summed E-state index contributed by atoms with van der Waals surface area (Å²) in [6.45, 7) is 10.4. The molecular weight excluding hydrogens is 391 g/mol. The van der Waals surface area contributed by atoms with Crippen LogP contribution in [0.5, 0.6) is 0 Å². The second kappa shape index (κ2) is 32.6. The summed E-state index contributed by atoms with van der Waals surface area (Å²) in [5, 5.41) is 0. The molecule has 0 aliphatic heterocycles. The number of rotatable bonds is 15. The molecule has 0 unspecified atom stereocenters. The van der Waals surface area contributed by atoms with E-state index in [9.17, 15) is 0 Å². The molecule has 3 nitrogen and oxygen atoms in total. The Morgan fingerprint density at radius 2 is 0.808 bits per heavy atom. The van der Waals surface area contributed by atoms with Crippen molar-refractivity contribution in [2.24, 2.45) is 0 Å². The molecule has 0 amide bonds. The minimum Gasteiger partial charge on any atom is -0.374 e. The maximum atomic E-state index is 5.86. The highest BCUT2D eigenvalue weighted by molar-refractivity contribution is 6.60. The van der Waals surface area contributed by atoms with Crippen LogP contribution in [0.4, 0.5) is 23.5 Å². The van der Waals surface area contributed by atoms with E-state index in [1.165, 1.54) is 51.4 Å². The Bertz CT molecular complexity index is 205. The minimum absolute atomic E-state index is 0. The van der Waals surface area contributed by atoms with Crippen LogP contribution in [-0.4, -0.2) is 39.6 Å². The molecule has 0 bridgehead atoms. The van der Waals surface area contributed by atoms with Crippen molar-refractivity contribution in [2.75, 3.05) is 19.8 Å². The molecule has 0 aliphatic carbocycles. The second-order valence-corrected chi connectivity index (χ2v) is 7.94. The molecule has 0 atom stereocenters. The molecule has 170 valence electrons. The molecule has 0 spiro atoms. The van der Waals surface area contributed by atoms with Crippen molar-refractivity contribution >= 4 is 19.8 Å². The van der Waals surface area contributed by atoms with Gasteiger partial charge in [0.05, 0.1) is 0 Å². The Kier molecular flexibility index (Phi) is 56.4. The van der Waals surface area contributed by atoms with E-state index in [0.29, 0.717) is 19.8 Å². The topological polar surface area (TPSA) is 27.7 Å². The fourth-order valence-corrected chi connectivity index (χ4v) is 5.16. The quantitative estimate of drug-likeness (QED) is 0.215. The van der Waals surface area contributed by atoms with E-state index in [-0.39, 0.29) is 34.5 Å². The van der Waals surface area contributed by atoms with Crippen LogP contribution in [-0.2, 0) is 13.3 Å². The summed E-state index contributed by atoms with van der Waals surface area (Å²) >= 11 is 0. The van der Waals surface area contributed by atoms with Crippen LogP contribution in [0.1, 0.15) is 79.1 Å². The zero-order valence-corrected chi connectivity index (χ0v) is 17.3. The largest absolute Gasteiger partial charge is 0.500 e. The van der Waals surface area contributed by atoms with Crippen molar-refractivity contribution in [3.05, 3.63) is 0 Å². The third kappa shape index (κ3) is 24.0. The predicted octanol–water partition coefficient (Wildman–Crippen LogP) is 4.49. The summed E-state index contributed by atoms with van der Waals surface area (Å²) in [5.41, 5.74) is 0. The van der Waals surface area contributed by atoms with E-state index >= 15 is 0 Å². The lowest BCUT2D eigenvalue weighted by Gasteiger charge is -2.28. The average Bonchev–Trinajstić information content (AvgIpc) is 2.43. The molecule has 10 heteroatoms. The van der Waals surface area contributed by atoms with Gasteiger partial charge in [-0.15, -0.1) is 0 Å². The fourth-order valence-electron chi connectivity index (χ4n) is 2.48. The van der Waals surface area contributed by atoms with Crippen LogP contribution >= 0.6 is 0 Å². The van der Waals surface area contributed by atoms with Gasteiger partial charge in [0, 0.05) is 25.9 Å². The molecule has 0 heterocycles. The second-order valence-electron chi connectivity index (χ2n) is 5.21. The highest BCUT2D eigenvalue weighted by Crippen LogP contribution is 2.20. The van der Waals surface area contributed by atoms with Crippen molar-refractivity contribution in [1.82, 2.24) is 0 Å². The van der Waals surface area contributed by atoms with Gasteiger partial charge < -0.3 is 13.3 Å². The van der Waals surface area contributed by atoms with Gasteiger partial charge in [-0.25, -0.2) is 0 Å². The van der Waals surface area contributed by atoms with Crippen LogP contribution in [0.2, 0.25) is 6.04 Å². The molecule has 0 saturated carbocycles. The molecule has 0 radical (unpaired) electrons. The van der Waals surface area contributed by atoms with Gasteiger partial charge in [-0.3, -0.25) is 23.5 Å². The van der Waals surface area contributed by atoms with Gasteiger partial charge in [-0.2, -0.15) is 0 Å². The predicted molar refractivity (Wildman–Crippen MR) is 112 cm³/mol. The molecule has 0 rings (SSSR count). The van der Waals surface area contributed by atoms with E-state index in [0.717, 1.165) is 6.04 Å². The third-order valence-electron chi connectivity index (χ3n) is 3.43. The normalized spacial score (nSPS) is 9.23. The molecule has 0 N–H and O–H groups in total. The van der Waals surface area contributed by atoms with Gasteiger partial charge >= 0.3 is 8.80 Å². The van der Waals surface area contributed by atoms with Gasteiger partial charge in [0.1, 0.15) is 0 Å². The first-order valence-corrected chi connectivity index (χ1v) is 10.6. The van der Waals surface area contributed by atoms with Gasteiger partial charge in [0.25, 0.3) is 0 Å². The Morgan fingerprint density at radius 3 is 1.12 bits per heavy atom. The average molecular weight is 437 g/mol. The van der Waals surface area contributed by atoms with Gasteiger partial charge in [0.2, 0.25) is 0 Å². The lowest BCUT2D eigenvalue weighted by Crippen LogP contribution is -2.45. The van der Waals surface area contributed by atoms with Crippen molar-refractivity contribution < 1.29 is 36.8 Å². The van der Waals surface area contributed by atoms with Crippen molar-refractivity contribution in [2.45, 2.75) is 85.1 Å². The minimum atomic E-state index is -2.38. The third-order valence-corrected chi connectivity index (χ3v) is 6.58. The van der Waals surface area contributed by atoms with E-state index in [1.54, 1.807) is 0 Å². The summed E-state index contributed by atoms with van der Waals surface area (Å²) in [4.78, 5) is 0. The number of halogens is 5. The standard InChI is InChI=1S/C16H36O3Si.5FH.H4Si/c1-5-9-10-11-12-13-14-15-16-20(17-6-2,18-7-3)19-8-4;;;;;;/h5-16H2,1-4H3;5*1H;1H4. The molecule has 0 aromatic heterocycles. The van der Waals surface area contributed by atoms with Gasteiger partial charge in [-0.1, -0.05) is 51.9 Å². The first-order chi connectivity index (χ1) is 9.74. The molecule has 0 aromatic rings. The first kappa shape index (κ1) is 45.0. The van der Waals surface area contributed by atoms with Crippen LogP contribution < -0.4 is 0 Å². The van der Waals surface area contributed by atoms with E-state index < -0.39 is 8.80 Å². The lowest BCUT2D eigenvalue weighted by atomic mass is 10.1. The van der Waals surface area contributed by atoms with E-state index in [2.05, 4.69) is 6.92 Å². The van der Waals surface area contributed by atoms with Crippen LogP contribution in [0, 0.1) is 0 Å². The highest BCUT2D eigenvalue weighted by Gasteiger charge is 2.39. The zero-order chi connectivity index (χ0) is 15.1. The molecule has 0 saturated heterocycles. The number of hydrogen-bond acceptors (Lipinski definition) is 3. The summed E-state index contributed by atoms with van der Waals surface area (Å²) < 4.78 is 17.6. The Morgan fingerprint density at radius 1 is 0.500 bits per heavy atom. The van der Waals surface area contributed by atoms with Gasteiger partial charge in [0.15, 0.2) is 0 Å². The maximum absolute atomic E-state index is 5.86. The lowest BCUT2D eigenvalue weighted by molar-refractivity contribution is 0.0706. The fraction of sp³-hybridized carbons (Fsp3) is 1.00. The highest BCUT2D eigenvalue weighted by atomic mass is 28.4. The zero-order valence-electron chi connectivity index (χ0n) is 16.3.